The molecule has 26 heavy (non-hydrogen) atoms. The van der Waals surface area contributed by atoms with E-state index < -0.39 is 14.2 Å². The molecule has 0 bridgehead atoms. The van der Waals surface area contributed by atoms with E-state index in [1.165, 1.54) is 0 Å². The summed E-state index contributed by atoms with van der Waals surface area (Å²) in [5.74, 6) is 0. The lowest BCUT2D eigenvalue weighted by Gasteiger charge is -2.04. The van der Waals surface area contributed by atoms with Gasteiger partial charge in [0.1, 0.15) is 0 Å². The van der Waals surface area contributed by atoms with Crippen molar-refractivity contribution >= 4 is 25.2 Å². The maximum atomic E-state index is 9.29. The molecule has 0 radical (unpaired) electrons. The van der Waals surface area contributed by atoms with E-state index in [9.17, 15) is 20.1 Å². The lowest BCUT2D eigenvalue weighted by Crippen LogP contribution is -2.42. The molecule has 0 fully saturated rings. The maximum absolute atomic E-state index is 9.29. The number of hydrogen-bond donors (Lipinski definition) is 4. The third kappa shape index (κ3) is 4.77. The summed E-state index contributed by atoms with van der Waals surface area (Å²) >= 11 is 0. The number of benzene rings is 1. The molecule has 2 heterocycles. The molecule has 0 saturated carbocycles. The van der Waals surface area contributed by atoms with Gasteiger partial charge in [-0.2, -0.15) is 0 Å². The van der Waals surface area contributed by atoms with Crippen molar-refractivity contribution in [1.82, 2.24) is 0 Å². The smallest absolute Gasteiger partial charge is 0.423 e. The Labute approximate surface area is 152 Å². The summed E-state index contributed by atoms with van der Waals surface area (Å²) in [4.78, 5) is 0. The van der Waals surface area contributed by atoms with E-state index in [-0.39, 0.29) is 0 Å². The molecule has 2 aromatic heterocycles. The molecule has 0 unspecified atom stereocenters. The lowest BCUT2D eigenvalue weighted by atomic mass is 9.82. The summed E-state index contributed by atoms with van der Waals surface area (Å²) < 4.78 is 3.79. The first-order valence-corrected chi connectivity index (χ1v) is 8.29. The second kappa shape index (κ2) is 8.25. The average Bonchev–Trinajstić information content (AvgIpc) is 2.62. The minimum atomic E-state index is -1.49. The summed E-state index contributed by atoms with van der Waals surface area (Å²) in [5, 5.41) is 37.2. The first-order valence-electron chi connectivity index (χ1n) is 8.29. The zero-order chi connectivity index (χ0) is 18.5. The Hall–Kier alpha value is -2.51. The summed E-state index contributed by atoms with van der Waals surface area (Å²) in [7, 11) is -2.97. The Morgan fingerprint density at radius 1 is 0.654 bits per heavy atom. The molecular weight excluding hydrogens is 330 g/mol. The van der Waals surface area contributed by atoms with Crippen LogP contribution >= 0.6 is 0 Å². The highest BCUT2D eigenvalue weighted by molar-refractivity contribution is 6.58. The van der Waals surface area contributed by atoms with Crippen molar-refractivity contribution in [3.05, 3.63) is 84.4 Å². The highest BCUT2D eigenvalue weighted by Crippen LogP contribution is 2.05. The van der Waals surface area contributed by atoms with Crippen LogP contribution in [-0.4, -0.2) is 34.3 Å². The Morgan fingerprint density at radius 2 is 1.12 bits per heavy atom. The zero-order valence-electron chi connectivity index (χ0n) is 14.2. The molecule has 0 amide bonds. The van der Waals surface area contributed by atoms with Gasteiger partial charge in [-0.15, -0.1) is 0 Å². The predicted octanol–water partition coefficient (Wildman–Crippen LogP) is -2.28. The minimum absolute atomic E-state index is 0.443. The topological polar surface area (TPSA) is 88.7 Å². The van der Waals surface area contributed by atoms with Gasteiger partial charge < -0.3 is 20.1 Å². The fourth-order valence-electron chi connectivity index (χ4n) is 2.83. The van der Waals surface area contributed by atoms with Crippen LogP contribution in [0.4, 0.5) is 0 Å². The number of aromatic nitrogens is 2. The second-order valence-corrected chi connectivity index (χ2v) is 6.19. The Morgan fingerprint density at radius 3 is 1.54 bits per heavy atom. The van der Waals surface area contributed by atoms with Gasteiger partial charge >= 0.3 is 14.2 Å². The SMILES string of the molecule is OB(O)c1ccc[n+](Cc2cccc(C[n+]3cccc(B(O)O)c3)c2)c1. The summed E-state index contributed by atoms with van der Waals surface area (Å²) in [6.07, 6.45) is 7.16. The van der Waals surface area contributed by atoms with E-state index >= 15 is 0 Å². The van der Waals surface area contributed by atoms with E-state index in [1.54, 1.807) is 36.7 Å². The van der Waals surface area contributed by atoms with Crippen LogP contribution < -0.4 is 20.1 Å². The van der Waals surface area contributed by atoms with Gasteiger partial charge in [-0.05, 0) is 6.07 Å². The van der Waals surface area contributed by atoms with E-state index in [2.05, 4.69) is 6.07 Å². The van der Waals surface area contributed by atoms with Crippen LogP contribution in [0, 0.1) is 0 Å². The first-order chi connectivity index (χ1) is 12.5. The van der Waals surface area contributed by atoms with Gasteiger partial charge in [-0.25, -0.2) is 9.13 Å². The van der Waals surface area contributed by atoms with E-state index in [0.29, 0.717) is 24.0 Å². The Kier molecular flexibility index (Phi) is 5.80. The quantitative estimate of drug-likeness (QED) is 0.298. The molecule has 130 valence electrons. The van der Waals surface area contributed by atoms with Crippen molar-refractivity contribution in [2.24, 2.45) is 0 Å². The summed E-state index contributed by atoms with van der Waals surface area (Å²) in [5.41, 5.74) is 3.05. The standard InChI is InChI=1S/C18H20B2N2O4/c23-19(24)17-6-2-8-21(13-17)11-15-4-1-5-16(10-15)12-22-9-3-7-18(14-22)20(25)26/h1-10,13-14,23-26H,11-12H2/q+2. The minimum Gasteiger partial charge on any atom is -0.423 e. The monoisotopic (exact) mass is 350 g/mol. The molecule has 0 atom stereocenters. The molecule has 4 N–H and O–H groups in total. The summed E-state index contributed by atoms with van der Waals surface area (Å²) in [6.45, 7) is 1.21. The van der Waals surface area contributed by atoms with Gasteiger partial charge in [0.05, 0.1) is 0 Å². The van der Waals surface area contributed by atoms with E-state index in [4.69, 9.17) is 0 Å². The van der Waals surface area contributed by atoms with Crippen molar-refractivity contribution in [3.8, 4) is 0 Å². The third-order valence-electron chi connectivity index (χ3n) is 4.08. The van der Waals surface area contributed by atoms with Crippen molar-refractivity contribution in [1.29, 1.82) is 0 Å². The normalized spacial score (nSPS) is 10.6. The average molecular weight is 350 g/mol. The van der Waals surface area contributed by atoms with Crippen LogP contribution in [0.2, 0.25) is 0 Å². The molecule has 0 spiro atoms. The van der Waals surface area contributed by atoms with Crippen LogP contribution in [0.3, 0.4) is 0 Å². The van der Waals surface area contributed by atoms with Crippen LogP contribution in [0.25, 0.3) is 0 Å². The van der Waals surface area contributed by atoms with E-state index in [1.807, 2.05) is 39.7 Å². The summed E-state index contributed by atoms with van der Waals surface area (Å²) in [6, 6.07) is 15.0. The molecule has 3 aromatic rings. The molecule has 0 aliphatic rings. The highest BCUT2D eigenvalue weighted by Gasteiger charge is 2.16. The molecule has 3 rings (SSSR count). The van der Waals surface area contributed by atoms with Crippen LogP contribution in [-0.2, 0) is 13.1 Å². The highest BCUT2D eigenvalue weighted by atomic mass is 16.4. The Balaban J connectivity index is 1.76. The fourth-order valence-corrected chi connectivity index (χ4v) is 2.83. The largest absolute Gasteiger partial charge is 0.494 e. The van der Waals surface area contributed by atoms with Gasteiger partial charge in [0.15, 0.2) is 37.9 Å². The number of pyridine rings is 2. The van der Waals surface area contributed by atoms with Gasteiger partial charge in [-0.3, -0.25) is 0 Å². The number of hydrogen-bond acceptors (Lipinski definition) is 4. The van der Waals surface area contributed by atoms with Crippen molar-refractivity contribution in [3.63, 3.8) is 0 Å². The van der Waals surface area contributed by atoms with Crippen LogP contribution in [0.15, 0.2) is 73.3 Å². The van der Waals surface area contributed by atoms with Crippen molar-refractivity contribution in [2.75, 3.05) is 0 Å². The zero-order valence-corrected chi connectivity index (χ0v) is 14.2. The molecule has 6 nitrogen and oxygen atoms in total. The third-order valence-corrected chi connectivity index (χ3v) is 4.08. The molecule has 8 heteroatoms. The lowest BCUT2D eigenvalue weighted by molar-refractivity contribution is -0.688. The maximum Gasteiger partial charge on any atom is 0.494 e. The molecule has 1 aromatic carbocycles. The van der Waals surface area contributed by atoms with E-state index in [0.717, 1.165) is 11.1 Å². The van der Waals surface area contributed by atoms with Crippen LogP contribution in [0.1, 0.15) is 11.1 Å². The number of nitrogens with zero attached hydrogens (tertiary/aromatic N) is 2. The van der Waals surface area contributed by atoms with Crippen LogP contribution in [0.5, 0.6) is 0 Å². The van der Waals surface area contributed by atoms with Crippen molar-refractivity contribution < 1.29 is 29.2 Å². The molecular formula is C18H20B2N2O4+2. The first kappa shape index (κ1) is 18.3. The molecule has 0 saturated heterocycles. The van der Waals surface area contributed by atoms with Gasteiger partial charge in [-0.1, -0.05) is 30.3 Å². The molecule has 0 aliphatic carbocycles. The predicted molar refractivity (Wildman–Crippen MR) is 97.6 cm³/mol. The Bertz CT molecular complexity index is 822. The molecule has 0 aliphatic heterocycles. The number of rotatable bonds is 6. The van der Waals surface area contributed by atoms with Gasteiger partial charge in [0, 0.05) is 34.2 Å². The second-order valence-electron chi connectivity index (χ2n) is 6.19. The van der Waals surface area contributed by atoms with Gasteiger partial charge in [0.2, 0.25) is 0 Å². The fraction of sp³-hybridized carbons (Fsp3) is 0.111. The van der Waals surface area contributed by atoms with Crippen molar-refractivity contribution in [2.45, 2.75) is 13.1 Å². The van der Waals surface area contributed by atoms with Gasteiger partial charge in [0.25, 0.3) is 0 Å².